The molecule has 0 aliphatic carbocycles. The zero-order valence-electron chi connectivity index (χ0n) is 11.5. The number of rotatable bonds is 6. The van der Waals surface area contributed by atoms with Crippen LogP contribution >= 0.6 is 23.4 Å². The normalized spacial score (nSPS) is 10.5. The van der Waals surface area contributed by atoms with Crippen molar-refractivity contribution >= 4 is 40.6 Å². The molecule has 0 saturated heterocycles. The number of carbonyl (C=O) groups is 1. The molecule has 0 bridgehead atoms. The molecule has 2 aromatic rings. The number of hydrogen-bond donors (Lipinski definition) is 2. The van der Waals surface area contributed by atoms with Crippen LogP contribution in [0.4, 0.5) is 11.4 Å². The minimum Gasteiger partial charge on any atom is -0.320 e. The number of anilines is 1. The highest BCUT2D eigenvalue weighted by Crippen LogP contribution is 2.28. The highest BCUT2D eigenvalue weighted by atomic mass is 35.5. The van der Waals surface area contributed by atoms with Crippen molar-refractivity contribution in [3.05, 3.63) is 39.2 Å². The van der Waals surface area contributed by atoms with Crippen LogP contribution in [0.2, 0.25) is 5.02 Å². The van der Waals surface area contributed by atoms with Crippen molar-refractivity contribution in [2.24, 2.45) is 0 Å². The van der Waals surface area contributed by atoms with Crippen molar-refractivity contribution in [2.75, 3.05) is 11.1 Å². The second-order valence-corrected chi connectivity index (χ2v) is 5.55. The number of nitrogens with one attached hydrogen (secondary N) is 2. The second kappa shape index (κ2) is 7.23. The highest BCUT2D eigenvalue weighted by molar-refractivity contribution is 7.99. The first-order valence-corrected chi connectivity index (χ1v) is 7.63. The molecule has 1 aromatic heterocycles. The summed E-state index contributed by atoms with van der Waals surface area (Å²) in [5, 5.41) is 20.8. The van der Waals surface area contributed by atoms with Gasteiger partial charge in [0.2, 0.25) is 11.1 Å². The Morgan fingerprint density at radius 1 is 1.55 bits per heavy atom. The summed E-state index contributed by atoms with van der Waals surface area (Å²) < 4.78 is 0. The van der Waals surface area contributed by atoms with E-state index in [0.29, 0.717) is 5.16 Å². The Morgan fingerprint density at radius 2 is 2.32 bits per heavy atom. The topological polar surface area (TPSA) is 114 Å². The van der Waals surface area contributed by atoms with Crippen LogP contribution in [0, 0.1) is 10.1 Å². The van der Waals surface area contributed by atoms with Crippen LogP contribution in [0.25, 0.3) is 0 Å². The smallest absolute Gasteiger partial charge is 0.294 e. The minimum absolute atomic E-state index is 0.0424. The third kappa shape index (κ3) is 4.18. The zero-order valence-corrected chi connectivity index (χ0v) is 13.1. The average molecular weight is 342 g/mol. The van der Waals surface area contributed by atoms with Crippen molar-refractivity contribution in [3.63, 3.8) is 0 Å². The van der Waals surface area contributed by atoms with Gasteiger partial charge in [-0.3, -0.25) is 20.0 Å². The van der Waals surface area contributed by atoms with Crippen LogP contribution in [0.5, 0.6) is 0 Å². The molecule has 116 valence electrons. The van der Waals surface area contributed by atoms with Gasteiger partial charge in [-0.1, -0.05) is 30.3 Å². The first-order valence-electron chi connectivity index (χ1n) is 6.27. The maximum atomic E-state index is 11.9. The van der Waals surface area contributed by atoms with Crippen LogP contribution < -0.4 is 5.32 Å². The lowest BCUT2D eigenvalue weighted by Gasteiger charge is -2.05. The summed E-state index contributed by atoms with van der Waals surface area (Å²) in [4.78, 5) is 26.4. The van der Waals surface area contributed by atoms with Gasteiger partial charge in [-0.2, -0.15) is 0 Å². The molecule has 0 saturated carbocycles. The summed E-state index contributed by atoms with van der Waals surface area (Å²) in [6.45, 7) is 1.93. The molecule has 1 heterocycles. The molecule has 0 aliphatic rings. The standard InChI is InChI=1S/C12H12ClN5O3S/c1-2-10-15-12(17-16-10)22-6-11(19)14-8-4-3-7(13)5-9(8)18(20)21/h3-5H,2,6H2,1H3,(H,14,19)(H,15,16,17). The van der Waals surface area contributed by atoms with Gasteiger partial charge >= 0.3 is 0 Å². The third-order valence-electron chi connectivity index (χ3n) is 2.61. The fraction of sp³-hybridized carbons (Fsp3) is 0.250. The number of aryl methyl sites for hydroxylation is 1. The van der Waals surface area contributed by atoms with E-state index < -0.39 is 10.8 Å². The predicted molar refractivity (Wildman–Crippen MR) is 83.2 cm³/mol. The molecule has 0 spiro atoms. The number of nitro groups is 1. The molecular formula is C12H12ClN5O3S. The number of aromatic nitrogens is 3. The number of amides is 1. The summed E-state index contributed by atoms with van der Waals surface area (Å²) in [7, 11) is 0. The number of benzene rings is 1. The molecule has 8 nitrogen and oxygen atoms in total. The molecule has 1 amide bonds. The average Bonchev–Trinajstić information content (AvgIpc) is 2.95. The summed E-state index contributed by atoms with van der Waals surface area (Å²) in [5.41, 5.74) is -0.152. The van der Waals surface area contributed by atoms with Crippen molar-refractivity contribution in [2.45, 2.75) is 18.5 Å². The summed E-state index contributed by atoms with van der Waals surface area (Å²) >= 11 is 6.85. The lowest BCUT2D eigenvalue weighted by Crippen LogP contribution is -2.15. The van der Waals surface area contributed by atoms with E-state index in [1.807, 2.05) is 6.92 Å². The Kier molecular flexibility index (Phi) is 5.34. The Morgan fingerprint density at radius 3 is 2.95 bits per heavy atom. The first-order chi connectivity index (χ1) is 10.5. The van der Waals surface area contributed by atoms with Gasteiger partial charge in [-0.15, -0.1) is 5.10 Å². The quantitative estimate of drug-likeness (QED) is 0.474. The van der Waals surface area contributed by atoms with E-state index in [1.54, 1.807) is 0 Å². The van der Waals surface area contributed by atoms with Crippen molar-refractivity contribution in [1.82, 2.24) is 15.2 Å². The third-order valence-corrected chi connectivity index (χ3v) is 3.69. The number of thioether (sulfide) groups is 1. The highest BCUT2D eigenvalue weighted by Gasteiger charge is 2.17. The largest absolute Gasteiger partial charge is 0.320 e. The maximum absolute atomic E-state index is 11.9. The van der Waals surface area contributed by atoms with E-state index in [4.69, 9.17) is 11.6 Å². The van der Waals surface area contributed by atoms with Gasteiger partial charge in [0.05, 0.1) is 10.7 Å². The van der Waals surface area contributed by atoms with Gasteiger partial charge < -0.3 is 5.32 Å². The van der Waals surface area contributed by atoms with Crippen molar-refractivity contribution in [1.29, 1.82) is 0 Å². The molecule has 0 fully saturated rings. The van der Waals surface area contributed by atoms with Crippen LogP contribution in [0.3, 0.4) is 0 Å². The lowest BCUT2D eigenvalue weighted by atomic mass is 10.2. The summed E-state index contributed by atoms with van der Waals surface area (Å²) in [6.07, 6.45) is 0.719. The number of hydrogen-bond acceptors (Lipinski definition) is 6. The van der Waals surface area contributed by atoms with Crippen LogP contribution in [-0.2, 0) is 11.2 Å². The number of H-pyrrole nitrogens is 1. The Labute approximate surface area is 134 Å². The minimum atomic E-state index is -0.600. The molecule has 1 aromatic carbocycles. The zero-order chi connectivity index (χ0) is 16.1. The van der Waals surface area contributed by atoms with Crippen LogP contribution in [-0.4, -0.2) is 31.8 Å². The van der Waals surface area contributed by atoms with E-state index in [2.05, 4.69) is 20.5 Å². The summed E-state index contributed by atoms with van der Waals surface area (Å²) in [6, 6.07) is 4.05. The van der Waals surface area contributed by atoms with Crippen molar-refractivity contribution in [3.8, 4) is 0 Å². The monoisotopic (exact) mass is 341 g/mol. The summed E-state index contributed by atoms with van der Waals surface area (Å²) in [5.74, 6) is 0.385. The molecule has 0 aliphatic heterocycles. The number of halogens is 1. The van der Waals surface area contributed by atoms with E-state index >= 15 is 0 Å². The molecule has 0 atom stereocenters. The number of nitro benzene ring substituents is 1. The SMILES string of the molecule is CCc1nc(SCC(=O)Nc2ccc(Cl)cc2[N+](=O)[O-])n[nH]1. The van der Waals surface area contributed by atoms with Crippen LogP contribution in [0.1, 0.15) is 12.7 Å². The lowest BCUT2D eigenvalue weighted by molar-refractivity contribution is -0.383. The second-order valence-electron chi connectivity index (χ2n) is 4.17. The molecule has 0 radical (unpaired) electrons. The van der Waals surface area contributed by atoms with Gasteiger partial charge in [0.15, 0.2) is 0 Å². The first kappa shape index (κ1) is 16.2. The molecule has 0 unspecified atom stereocenters. The van der Waals surface area contributed by atoms with Crippen LogP contribution in [0.15, 0.2) is 23.4 Å². The maximum Gasteiger partial charge on any atom is 0.294 e. The number of carbonyl (C=O) groups excluding carboxylic acids is 1. The fourth-order valence-electron chi connectivity index (χ4n) is 1.58. The Hall–Kier alpha value is -2.13. The van der Waals surface area contributed by atoms with Gasteiger partial charge in [0.25, 0.3) is 5.69 Å². The Bertz CT molecular complexity index is 706. The van der Waals surface area contributed by atoms with E-state index in [1.165, 1.54) is 18.2 Å². The molecule has 10 heteroatoms. The Balaban J connectivity index is 1.98. The molecule has 22 heavy (non-hydrogen) atoms. The van der Waals surface area contributed by atoms with Gasteiger partial charge in [0, 0.05) is 17.5 Å². The van der Waals surface area contributed by atoms with E-state index in [0.717, 1.165) is 24.0 Å². The predicted octanol–water partition coefficient (Wildman–Crippen LogP) is 2.66. The van der Waals surface area contributed by atoms with Gasteiger partial charge in [0.1, 0.15) is 11.5 Å². The van der Waals surface area contributed by atoms with Gasteiger partial charge in [-0.25, -0.2) is 4.98 Å². The van der Waals surface area contributed by atoms with Crippen molar-refractivity contribution < 1.29 is 9.72 Å². The van der Waals surface area contributed by atoms with E-state index in [9.17, 15) is 14.9 Å². The molecule has 2 rings (SSSR count). The number of nitrogens with zero attached hydrogens (tertiary/aromatic N) is 3. The number of aromatic amines is 1. The van der Waals surface area contributed by atoms with E-state index in [-0.39, 0.29) is 22.2 Å². The van der Waals surface area contributed by atoms with Gasteiger partial charge in [-0.05, 0) is 12.1 Å². The molecular weight excluding hydrogens is 330 g/mol. The molecule has 2 N–H and O–H groups in total. The fourth-order valence-corrected chi connectivity index (χ4v) is 2.36.